The summed E-state index contributed by atoms with van der Waals surface area (Å²) < 4.78 is 20.2. The summed E-state index contributed by atoms with van der Waals surface area (Å²) in [5, 5.41) is 0.459. The second-order valence-electron chi connectivity index (χ2n) is 5.48. The molecule has 10 heteroatoms. The largest absolute Gasteiger partial charge is 0.493 e. The van der Waals surface area contributed by atoms with Crippen LogP contribution in [0.1, 0.15) is 10.4 Å². The molecule has 0 radical (unpaired) electrons. The van der Waals surface area contributed by atoms with Gasteiger partial charge in [0, 0.05) is 10.6 Å². The van der Waals surface area contributed by atoms with E-state index in [0.717, 1.165) is 0 Å². The van der Waals surface area contributed by atoms with Gasteiger partial charge in [-0.05, 0) is 36.4 Å². The number of benzene rings is 2. The van der Waals surface area contributed by atoms with E-state index in [0.29, 0.717) is 22.3 Å². The van der Waals surface area contributed by atoms with E-state index in [4.69, 9.17) is 30.5 Å². The summed E-state index contributed by atoms with van der Waals surface area (Å²) in [5.74, 6) is -0.864. The number of amides is 2. The number of hydrazine groups is 1. The van der Waals surface area contributed by atoms with Crippen molar-refractivity contribution in [2.75, 3.05) is 27.4 Å². The molecule has 2 N–H and O–H groups in total. The molecule has 0 saturated carbocycles. The summed E-state index contributed by atoms with van der Waals surface area (Å²) >= 11 is 5.80. The van der Waals surface area contributed by atoms with Crippen LogP contribution in [0.3, 0.4) is 0 Å². The van der Waals surface area contributed by atoms with E-state index in [2.05, 4.69) is 10.9 Å². The lowest BCUT2D eigenvalue weighted by atomic mass is 10.2. The van der Waals surface area contributed by atoms with Crippen molar-refractivity contribution in [3.8, 4) is 17.2 Å². The lowest BCUT2D eigenvalue weighted by Crippen LogP contribution is -2.43. The second-order valence-corrected chi connectivity index (χ2v) is 5.92. The molecule has 0 aliphatic rings. The third-order valence-electron chi connectivity index (χ3n) is 3.48. The van der Waals surface area contributed by atoms with Crippen LogP contribution < -0.4 is 25.1 Å². The maximum atomic E-state index is 12.1. The third kappa shape index (κ3) is 6.89. The maximum Gasteiger partial charge on any atom is 0.344 e. The van der Waals surface area contributed by atoms with Gasteiger partial charge in [0.2, 0.25) is 0 Å². The molecule has 9 nitrogen and oxygen atoms in total. The van der Waals surface area contributed by atoms with Gasteiger partial charge in [0.15, 0.2) is 24.7 Å². The quantitative estimate of drug-likeness (QED) is 0.492. The lowest BCUT2D eigenvalue weighted by Gasteiger charge is -2.11. The highest BCUT2D eigenvalue weighted by Gasteiger charge is 2.13. The van der Waals surface area contributed by atoms with Gasteiger partial charge in [0.05, 0.1) is 14.2 Å². The third-order valence-corrected chi connectivity index (χ3v) is 3.71. The molecule has 0 aliphatic carbocycles. The molecule has 2 aromatic rings. The molecular formula is C19H19ClN2O7. The highest BCUT2D eigenvalue weighted by molar-refractivity contribution is 6.30. The SMILES string of the molecule is COc1ccc(C(=O)NNC(=O)COC(=O)COc2cccc(Cl)c2)cc1OC. The Labute approximate surface area is 171 Å². The molecule has 0 unspecified atom stereocenters. The Balaban J connectivity index is 1.73. The van der Waals surface area contributed by atoms with Crippen LogP contribution in [0, 0.1) is 0 Å². The minimum Gasteiger partial charge on any atom is -0.493 e. The molecule has 2 amide bonds. The zero-order chi connectivity index (χ0) is 21.2. The van der Waals surface area contributed by atoms with Crippen molar-refractivity contribution in [2.24, 2.45) is 0 Å². The Morgan fingerprint density at radius 1 is 0.931 bits per heavy atom. The Kier molecular flexibility index (Phi) is 8.11. The molecule has 0 saturated heterocycles. The van der Waals surface area contributed by atoms with E-state index in [1.165, 1.54) is 32.4 Å². The molecule has 0 heterocycles. The molecule has 29 heavy (non-hydrogen) atoms. The summed E-state index contributed by atoms with van der Waals surface area (Å²) in [7, 11) is 2.91. The second kappa shape index (κ2) is 10.8. The summed E-state index contributed by atoms with van der Waals surface area (Å²) in [4.78, 5) is 35.4. The number of hydrogen-bond donors (Lipinski definition) is 2. The van der Waals surface area contributed by atoms with Gasteiger partial charge in [-0.2, -0.15) is 0 Å². The minimum atomic E-state index is -0.758. The first-order chi connectivity index (χ1) is 13.9. The van der Waals surface area contributed by atoms with Crippen molar-refractivity contribution < 1.29 is 33.3 Å². The fourth-order valence-electron chi connectivity index (χ4n) is 2.10. The van der Waals surface area contributed by atoms with Gasteiger partial charge in [-0.3, -0.25) is 20.4 Å². The van der Waals surface area contributed by atoms with Crippen LogP contribution in [0.5, 0.6) is 17.2 Å². The van der Waals surface area contributed by atoms with E-state index < -0.39 is 31.0 Å². The topological polar surface area (TPSA) is 112 Å². The van der Waals surface area contributed by atoms with Crippen molar-refractivity contribution in [1.29, 1.82) is 0 Å². The molecule has 2 rings (SSSR count). The van der Waals surface area contributed by atoms with Crippen molar-refractivity contribution in [3.05, 3.63) is 53.1 Å². The van der Waals surface area contributed by atoms with Gasteiger partial charge in [0.25, 0.3) is 11.8 Å². The Hall–Kier alpha value is -3.46. The van der Waals surface area contributed by atoms with Crippen molar-refractivity contribution >= 4 is 29.4 Å². The number of hydrogen-bond acceptors (Lipinski definition) is 7. The number of ether oxygens (including phenoxy) is 4. The van der Waals surface area contributed by atoms with Crippen LogP contribution >= 0.6 is 11.6 Å². The van der Waals surface area contributed by atoms with Gasteiger partial charge in [-0.15, -0.1) is 0 Å². The van der Waals surface area contributed by atoms with E-state index in [-0.39, 0.29) is 5.56 Å². The van der Waals surface area contributed by atoms with E-state index >= 15 is 0 Å². The summed E-state index contributed by atoms with van der Waals surface area (Å²) in [6, 6.07) is 11.0. The predicted octanol–water partition coefficient (Wildman–Crippen LogP) is 1.74. The number of methoxy groups -OCH3 is 2. The molecule has 154 valence electrons. The van der Waals surface area contributed by atoms with Gasteiger partial charge in [0.1, 0.15) is 5.75 Å². The lowest BCUT2D eigenvalue weighted by molar-refractivity contribution is -0.150. The Morgan fingerprint density at radius 3 is 2.38 bits per heavy atom. The highest BCUT2D eigenvalue weighted by Crippen LogP contribution is 2.27. The maximum absolute atomic E-state index is 12.1. The van der Waals surface area contributed by atoms with Gasteiger partial charge >= 0.3 is 5.97 Å². The number of carbonyl (C=O) groups is 3. The van der Waals surface area contributed by atoms with Crippen LogP contribution in [0.4, 0.5) is 0 Å². The number of carbonyl (C=O) groups excluding carboxylic acids is 3. The van der Waals surface area contributed by atoms with E-state index in [9.17, 15) is 14.4 Å². The van der Waals surface area contributed by atoms with Crippen LogP contribution in [-0.4, -0.2) is 45.2 Å². The fourth-order valence-corrected chi connectivity index (χ4v) is 2.28. The van der Waals surface area contributed by atoms with Crippen molar-refractivity contribution in [3.63, 3.8) is 0 Å². The average molecular weight is 423 g/mol. The highest BCUT2D eigenvalue weighted by atomic mass is 35.5. The van der Waals surface area contributed by atoms with E-state index in [1.807, 2.05) is 0 Å². The van der Waals surface area contributed by atoms with Gasteiger partial charge in [-0.1, -0.05) is 17.7 Å². The predicted molar refractivity (Wildman–Crippen MR) is 103 cm³/mol. The number of halogens is 1. The van der Waals surface area contributed by atoms with Crippen LogP contribution in [0.2, 0.25) is 5.02 Å². The Bertz CT molecular complexity index is 889. The number of esters is 1. The first kappa shape index (κ1) is 21.8. The molecule has 0 aliphatic heterocycles. The summed E-state index contributed by atoms with van der Waals surface area (Å²) in [6.45, 7) is -0.990. The van der Waals surface area contributed by atoms with Crippen molar-refractivity contribution in [1.82, 2.24) is 10.9 Å². The molecular weight excluding hydrogens is 404 g/mol. The Morgan fingerprint density at radius 2 is 1.69 bits per heavy atom. The van der Waals surface area contributed by atoms with Crippen LogP contribution in [0.15, 0.2) is 42.5 Å². The average Bonchev–Trinajstić information content (AvgIpc) is 2.74. The molecule has 0 fully saturated rings. The summed E-state index contributed by atoms with van der Waals surface area (Å²) in [5.41, 5.74) is 4.57. The summed E-state index contributed by atoms with van der Waals surface area (Å²) in [6.07, 6.45) is 0. The fraction of sp³-hybridized carbons (Fsp3) is 0.211. The molecule has 0 bridgehead atoms. The monoisotopic (exact) mass is 422 g/mol. The zero-order valence-electron chi connectivity index (χ0n) is 15.7. The van der Waals surface area contributed by atoms with Crippen LogP contribution in [-0.2, 0) is 14.3 Å². The first-order valence-corrected chi connectivity index (χ1v) is 8.66. The van der Waals surface area contributed by atoms with Crippen LogP contribution in [0.25, 0.3) is 0 Å². The van der Waals surface area contributed by atoms with E-state index in [1.54, 1.807) is 24.3 Å². The molecule has 0 atom stereocenters. The van der Waals surface area contributed by atoms with Gasteiger partial charge < -0.3 is 18.9 Å². The van der Waals surface area contributed by atoms with Crippen molar-refractivity contribution in [2.45, 2.75) is 0 Å². The standard InChI is InChI=1S/C19H19ClN2O7/c1-26-15-7-6-12(8-16(15)27-2)19(25)22-21-17(23)10-29-18(24)11-28-14-5-3-4-13(20)9-14/h3-9H,10-11H2,1-2H3,(H,21,23)(H,22,25). The first-order valence-electron chi connectivity index (χ1n) is 8.28. The zero-order valence-corrected chi connectivity index (χ0v) is 16.4. The number of rotatable bonds is 8. The minimum absolute atomic E-state index is 0.231. The van der Waals surface area contributed by atoms with Gasteiger partial charge in [-0.25, -0.2) is 4.79 Å². The smallest absolute Gasteiger partial charge is 0.344 e. The molecule has 0 aromatic heterocycles. The molecule has 2 aromatic carbocycles. The number of nitrogens with one attached hydrogen (secondary N) is 2. The normalized spacial score (nSPS) is 9.90. The molecule has 0 spiro atoms.